The van der Waals surface area contributed by atoms with Crippen molar-refractivity contribution in [1.82, 2.24) is 0 Å². The Balaban J connectivity index is 0.000000771. The Morgan fingerprint density at radius 3 is 1.82 bits per heavy atom. The van der Waals surface area contributed by atoms with Crippen LogP contribution in [0.15, 0.2) is 111 Å². The van der Waals surface area contributed by atoms with Gasteiger partial charge in [0, 0.05) is 27.8 Å². The molecular formula is C36H39ClN2. The van der Waals surface area contributed by atoms with E-state index < -0.39 is 0 Å². The molecule has 0 radical (unpaired) electrons. The average molecular weight is 535 g/mol. The maximum Gasteiger partial charge on any atom is 0.0407 e. The molecule has 0 heterocycles. The zero-order valence-corrected chi connectivity index (χ0v) is 24.1. The molecule has 4 aromatic rings. The highest BCUT2D eigenvalue weighted by Gasteiger charge is 2.08. The molecule has 0 aliphatic rings. The summed E-state index contributed by atoms with van der Waals surface area (Å²) in [5.74, 6) is 0. The third-order valence-electron chi connectivity index (χ3n) is 6.31. The van der Waals surface area contributed by atoms with Crippen LogP contribution in [0.3, 0.4) is 0 Å². The van der Waals surface area contributed by atoms with Gasteiger partial charge in [-0.05, 0) is 89.3 Å². The molecule has 0 amide bonds. The number of aryl methyl sites for hydroxylation is 1. The van der Waals surface area contributed by atoms with E-state index in [1.807, 2.05) is 42.5 Å². The number of halogens is 1. The summed E-state index contributed by atoms with van der Waals surface area (Å²) in [7, 11) is 0. The molecule has 0 spiro atoms. The highest BCUT2D eigenvalue weighted by atomic mass is 35.5. The summed E-state index contributed by atoms with van der Waals surface area (Å²) in [6, 6.07) is 30.4. The molecule has 39 heavy (non-hydrogen) atoms. The van der Waals surface area contributed by atoms with Gasteiger partial charge in [0.2, 0.25) is 0 Å². The Kier molecular flexibility index (Phi) is 11.2. The number of unbranched alkanes of at least 4 members (excludes halogenated alkanes) is 2. The quantitative estimate of drug-likeness (QED) is 0.211. The fourth-order valence-electron chi connectivity index (χ4n) is 3.99. The molecule has 200 valence electrons. The monoisotopic (exact) mass is 534 g/mol. The van der Waals surface area contributed by atoms with Crippen LogP contribution in [0.25, 0.3) is 17.3 Å². The van der Waals surface area contributed by atoms with Crippen molar-refractivity contribution in [3.8, 4) is 0 Å². The van der Waals surface area contributed by atoms with E-state index in [2.05, 4.69) is 106 Å². The summed E-state index contributed by atoms with van der Waals surface area (Å²) in [5, 5.41) is 7.54. The van der Waals surface area contributed by atoms with Crippen molar-refractivity contribution >= 4 is 46.0 Å². The van der Waals surface area contributed by atoms with Crippen LogP contribution < -0.4 is 10.6 Å². The van der Waals surface area contributed by atoms with Crippen molar-refractivity contribution in [3.05, 3.63) is 144 Å². The first-order valence-corrected chi connectivity index (χ1v) is 13.8. The van der Waals surface area contributed by atoms with Crippen molar-refractivity contribution in [2.45, 2.75) is 40.0 Å². The van der Waals surface area contributed by atoms with E-state index >= 15 is 0 Å². The fraction of sp³-hybridized carbons (Fsp3) is 0.167. The van der Waals surface area contributed by atoms with Crippen LogP contribution in [0.2, 0.25) is 5.02 Å². The largest absolute Gasteiger partial charge is 0.356 e. The molecule has 4 aromatic carbocycles. The van der Waals surface area contributed by atoms with Crippen molar-refractivity contribution in [2.75, 3.05) is 10.6 Å². The van der Waals surface area contributed by atoms with E-state index in [4.69, 9.17) is 11.6 Å². The van der Waals surface area contributed by atoms with Gasteiger partial charge in [0.05, 0.1) is 0 Å². The van der Waals surface area contributed by atoms with E-state index in [0.717, 1.165) is 55.6 Å². The summed E-state index contributed by atoms with van der Waals surface area (Å²) in [4.78, 5) is 0. The number of hydrogen-bond donors (Lipinski definition) is 2. The molecule has 0 aliphatic heterocycles. The summed E-state index contributed by atoms with van der Waals surface area (Å²) in [6.45, 7) is 19.0. The topological polar surface area (TPSA) is 24.1 Å². The third kappa shape index (κ3) is 9.05. The van der Waals surface area contributed by atoms with E-state index in [9.17, 15) is 0 Å². The molecule has 2 N–H and O–H groups in total. The fourth-order valence-corrected chi connectivity index (χ4v) is 4.12. The standard InChI is InChI=1S/C31H27ClN2.C5H12/c1-5-24-18-27(20-31(19-24)33-23(4)26-8-6-21(2)7-9-26)22(3)25-10-14-29(15-11-25)34-30-16-12-28(32)13-17-30;1-3-5-4-2/h5-20,33-34H,1,3-4H2,2H3;3-5H2,1-2H3. The normalized spacial score (nSPS) is 10.2. The lowest BCUT2D eigenvalue weighted by Gasteiger charge is -2.15. The smallest absolute Gasteiger partial charge is 0.0407 e. The Bertz CT molecular complexity index is 1380. The number of benzene rings is 4. The lowest BCUT2D eigenvalue weighted by molar-refractivity contribution is 0.772. The molecule has 0 fully saturated rings. The van der Waals surface area contributed by atoms with E-state index in [-0.39, 0.29) is 0 Å². The van der Waals surface area contributed by atoms with Gasteiger partial charge < -0.3 is 10.6 Å². The van der Waals surface area contributed by atoms with E-state index in [1.54, 1.807) is 0 Å². The van der Waals surface area contributed by atoms with Gasteiger partial charge in [-0.25, -0.2) is 0 Å². The number of nitrogens with one attached hydrogen (secondary N) is 2. The predicted molar refractivity (Wildman–Crippen MR) is 175 cm³/mol. The van der Waals surface area contributed by atoms with Gasteiger partial charge in [-0.3, -0.25) is 0 Å². The van der Waals surface area contributed by atoms with Crippen LogP contribution in [0.4, 0.5) is 17.1 Å². The number of hydrogen-bond acceptors (Lipinski definition) is 2. The van der Waals surface area contributed by atoms with Crippen LogP contribution in [-0.4, -0.2) is 0 Å². The van der Waals surface area contributed by atoms with Gasteiger partial charge >= 0.3 is 0 Å². The SMILES string of the molecule is C=Cc1cc(NC(=C)c2ccc(C)cc2)cc(C(=C)c2ccc(Nc3ccc(Cl)cc3)cc2)c1.CCCCC. The maximum atomic E-state index is 5.97. The van der Waals surface area contributed by atoms with Gasteiger partial charge in [0.25, 0.3) is 0 Å². The molecule has 0 atom stereocenters. The van der Waals surface area contributed by atoms with Gasteiger partial charge in [-0.1, -0.05) is 112 Å². The molecule has 0 unspecified atom stereocenters. The van der Waals surface area contributed by atoms with Gasteiger partial charge in [0.1, 0.15) is 0 Å². The molecule has 0 saturated carbocycles. The average Bonchev–Trinajstić information content (AvgIpc) is 2.95. The Morgan fingerprint density at radius 1 is 0.718 bits per heavy atom. The van der Waals surface area contributed by atoms with Gasteiger partial charge in [-0.2, -0.15) is 0 Å². The first-order chi connectivity index (χ1) is 18.8. The van der Waals surface area contributed by atoms with Crippen LogP contribution in [0.5, 0.6) is 0 Å². The first kappa shape index (κ1) is 29.5. The lowest BCUT2D eigenvalue weighted by atomic mass is 9.97. The van der Waals surface area contributed by atoms with E-state index in [1.165, 1.54) is 24.8 Å². The molecule has 0 aliphatic carbocycles. The molecule has 0 saturated heterocycles. The molecule has 2 nitrogen and oxygen atoms in total. The van der Waals surface area contributed by atoms with Crippen molar-refractivity contribution in [2.24, 2.45) is 0 Å². The molecular weight excluding hydrogens is 496 g/mol. The Hall–Kier alpha value is -4.01. The summed E-state index contributed by atoms with van der Waals surface area (Å²) >= 11 is 5.97. The maximum absolute atomic E-state index is 5.97. The van der Waals surface area contributed by atoms with Crippen molar-refractivity contribution < 1.29 is 0 Å². The zero-order chi connectivity index (χ0) is 28.2. The minimum Gasteiger partial charge on any atom is -0.356 e. The van der Waals surface area contributed by atoms with Gasteiger partial charge in [0.15, 0.2) is 0 Å². The van der Waals surface area contributed by atoms with Gasteiger partial charge in [-0.15, -0.1) is 0 Å². The van der Waals surface area contributed by atoms with Crippen LogP contribution in [-0.2, 0) is 0 Å². The Morgan fingerprint density at radius 2 is 1.28 bits per heavy atom. The summed E-state index contributed by atoms with van der Waals surface area (Å²) < 4.78 is 0. The van der Waals surface area contributed by atoms with Crippen molar-refractivity contribution in [3.63, 3.8) is 0 Å². The second-order valence-electron chi connectivity index (χ2n) is 9.56. The summed E-state index contributed by atoms with van der Waals surface area (Å²) in [6.07, 6.45) is 5.92. The highest BCUT2D eigenvalue weighted by Crippen LogP contribution is 2.29. The van der Waals surface area contributed by atoms with Crippen molar-refractivity contribution in [1.29, 1.82) is 0 Å². The van der Waals surface area contributed by atoms with Crippen LogP contribution >= 0.6 is 11.6 Å². The first-order valence-electron chi connectivity index (χ1n) is 13.5. The predicted octanol–water partition coefficient (Wildman–Crippen LogP) is 11.4. The lowest BCUT2D eigenvalue weighted by Crippen LogP contribution is -1.99. The van der Waals surface area contributed by atoms with Crippen LogP contribution in [0.1, 0.15) is 60.9 Å². The molecule has 0 aromatic heterocycles. The minimum absolute atomic E-state index is 0.718. The molecule has 0 bridgehead atoms. The molecule has 3 heteroatoms. The van der Waals surface area contributed by atoms with E-state index in [0.29, 0.717) is 0 Å². The highest BCUT2D eigenvalue weighted by molar-refractivity contribution is 6.30. The summed E-state index contributed by atoms with van der Waals surface area (Å²) in [5.41, 5.74) is 10.1. The number of anilines is 3. The second-order valence-corrected chi connectivity index (χ2v) is 10.00. The Labute approximate surface area is 239 Å². The number of rotatable bonds is 10. The zero-order valence-electron chi connectivity index (χ0n) is 23.4. The minimum atomic E-state index is 0.718. The second kappa shape index (κ2) is 14.8. The molecule has 4 rings (SSSR count). The third-order valence-corrected chi connectivity index (χ3v) is 6.56. The van der Waals surface area contributed by atoms with Crippen LogP contribution in [0, 0.1) is 6.92 Å².